The Kier molecular flexibility index (Phi) is 6.25. The van der Waals surface area contributed by atoms with Gasteiger partial charge in [-0.05, 0) is 37.1 Å². The maximum Gasteiger partial charge on any atom is 0.307 e. The molecular weight excluding hydrogens is 490 g/mol. The van der Waals surface area contributed by atoms with Crippen molar-refractivity contribution in [2.45, 2.75) is 19.4 Å². The largest absolute Gasteiger partial charge is 0.440 e. The van der Waals surface area contributed by atoms with E-state index in [0.717, 1.165) is 21.4 Å². The van der Waals surface area contributed by atoms with Crippen molar-refractivity contribution in [3.63, 3.8) is 0 Å². The molecule has 0 radical (unpaired) electrons. The molecule has 0 aliphatic heterocycles. The van der Waals surface area contributed by atoms with Crippen LogP contribution in [0.5, 0.6) is 0 Å². The van der Waals surface area contributed by atoms with Gasteiger partial charge in [-0.1, -0.05) is 28.1 Å². The van der Waals surface area contributed by atoms with Crippen LogP contribution in [-0.4, -0.2) is 42.4 Å². The molecule has 0 fully saturated rings. The highest BCUT2D eigenvalue weighted by molar-refractivity contribution is 9.10. The minimum atomic E-state index is -1.03. The molecule has 0 aliphatic carbocycles. The molecule has 3 aromatic heterocycles. The van der Waals surface area contributed by atoms with Crippen LogP contribution in [0.1, 0.15) is 28.7 Å². The smallest absolute Gasteiger partial charge is 0.307 e. The molecule has 33 heavy (non-hydrogen) atoms. The van der Waals surface area contributed by atoms with Crippen LogP contribution in [0.15, 0.2) is 57.9 Å². The second kappa shape index (κ2) is 9.12. The number of amides is 1. The molecule has 0 bridgehead atoms. The Hall–Kier alpha value is -3.57. The summed E-state index contributed by atoms with van der Waals surface area (Å²) in [5.74, 6) is 0.383. The van der Waals surface area contributed by atoms with E-state index in [1.54, 1.807) is 37.1 Å². The van der Waals surface area contributed by atoms with Crippen molar-refractivity contribution in [3.8, 4) is 11.4 Å². The van der Waals surface area contributed by atoms with E-state index in [2.05, 4.69) is 46.6 Å². The van der Waals surface area contributed by atoms with E-state index in [-0.39, 0.29) is 12.5 Å². The highest BCUT2D eigenvalue weighted by Gasteiger charge is 2.30. The van der Waals surface area contributed by atoms with Crippen molar-refractivity contribution in [2.24, 2.45) is 7.05 Å². The highest BCUT2D eigenvalue weighted by atomic mass is 79.9. The summed E-state index contributed by atoms with van der Waals surface area (Å²) >= 11 is 3.41. The van der Waals surface area contributed by atoms with Crippen LogP contribution in [0.2, 0.25) is 0 Å². The third-order valence-electron chi connectivity index (χ3n) is 5.14. The van der Waals surface area contributed by atoms with Gasteiger partial charge in [0.05, 0.1) is 18.3 Å². The summed E-state index contributed by atoms with van der Waals surface area (Å²) in [6, 6.07) is 9.15. The zero-order chi connectivity index (χ0) is 23.6. The van der Waals surface area contributed by atoms with Gasteiger partial charge in [-0.15, -0.1) is 0 Å². The number of carbonyl (C=O) groups excluding carboxylic acids is 1. The second-order valence-electron chi connectivity index (χ2n) is 7.68. The summed E-state index contributed by atoms with van der Waals surface area (Å²) in [4.78, 5) is 26.0. The highest BCUT2D eigenvalue weighted by Crippen LogP contribution is 2.26. The van der Waals surface area contributed by atoms with E-state index in [0.29, 0.717) is 17.3 Å². The molecule has 0 saturated heterocycles. The number of halogens is 1. The molecule has 170 valence electrons. The number of nitrogens with one attached hydrogen (secondary N) is 2. The summed E-state index contributed by atoms with van der Waals surface area (Å²) in [6.45, 7) is 3.26. The van der Waals surface area contributed by atoms with Crippen molar-refractivity contribution < 1.29 is 14.3 Å². The molecule has 0 unspecified atom stereocenters. The Balaban J connectivity index is 1.57. The lowest BCUT2D eigenvalue weighted by molar-refractivity contribution is 0.0814. The van der Waals surface area contributed by atoms with Crippen LogP contribution in [0.3, 0.4) is 0 Å². The van der Waals surface area contributed by atoms with Crippen LogP contribution < -0.4 is 10.6 Å². The van der Waals surface area contributed by atoms with Gasteiger partial charge in [0.15, 0.2) is 0 Å². The lowest BCUT2D eigenvalue weighted by atomic mass is 9.93. The van der Waals surface area contributed by atoms with E-state index in [1.165, 1.54) is 6.26 Å². The normalized spacial score (nSPS) is 12.9. The number of carbonyl (C=O) groups is 1. The zero-order valence-electron chi connectivity index (χ0n) is 18.2. The number of hydrogen-bond acceptors (Lipinski definition) is 8. The van der Waals surface area contributed by atoms with Gasteiger partial charge in [-0.2, -0.15) is 5.10 Å². The fourth-order valence-electron chi connectivity index (χ4n) is 3.20. The molecule has 11 heteroatoms. The third kappa shape index (κ3) is 4.78. The average Bonchev–Trinajstić information content (AvgIpc) is 3.44. The maximum absolute atomic E-state index is 12.9. The number of rotatable bonds is 7. The fourth-order valence-corrected chi connectivity index (χ4v) is 3.60. The first-order chi connectivity index (χ1) is 15.8. The van der Waals surface area contributed by atoms with Gasteiger partial charge in [0.1, 0.15) is 23.5 Å². The van der Waals surface area contributed by atoms with Crippen molar-refractivity contribution >= 4 is 33.6 Å². The number of aliphatic hydroxyl groups is 1. The number of nitrogens with zero attached hydrogens (tertiary/aromatic N) is 5. The molecule has 3 N–H and O–H groups in total. The van der Waals surface area contributed by atoms with Gasteiger partial charge in [-0.25, -0.2) is 15.0 Å². The Morgan fingerprint density at radius 2 is 2.12 bits per heavy atom. The molecular formula is C22H22BrN7O3. The molecule has 0 aliphatic rings. The number of hydrogen-bond donors (Lipinski definition) is 3. The molecule has 1 atom stereocenters. The fraction of sp³-hybridized carbons (Fsp3) is 0.227. The summed E-state index contributed by atoms with van der Waals surface area (Å²) in [5.41, 5.74) is 1.38. The van der Waals surface area contributed by atoms with Crippen molar-refractivity contribution in [2.75, 3.05) is 11.9 Å². The predicted molar refractivity (Wildman–Crippen MR) is 125 cm³/mol. The molecule has 4 rings (SSSR count). The van der Waals surface area contributed by atoms with Crippen LogP contribution in [0.4, 0.5) is 11.8 Å². The zero-order valence-corrected chi connectivity index (χ0v) is 19.8. The van der Waals surface area contributed by atoms with E-state index in [1.807, 2.05) is 31.2 Å². The standard InChI is InChI=1S/C22H22BrN7O3/c1-13-10-24-21(27-17-7-8-25-30(17)3)28-18(13)16-11-33-20(26-16)19(32)29-22(2,12-31)14-5-4-6-15(23)9-14/h4-11,31H,12H2,1-3H3,(H,29,32)(H,24,27,28)/t22-/m0/s1. The number of aryl methyl sites for hydroxylation is 2. The number of benzene rings is 1. The second-order valence-corrected chi connectivity index (χ2v) is 8.60. The lowest BCUT2D eigenvalue weighted by Gasteiger charge is -2.28. The number of anilines is 2. The number of aromatic nitrogens is 5. The van der Waals surface area contributed by atoms with Crippen molar-refractivity contribution in [3.05, 3.63) is 70.5 Å². The van der Waals surface area contributed by atoms with Gasteiger partial charge in [0.25, 0.3) is 5.89 Å². The molecule has 1 aromatic carbocycles. The van der Waals surface area contributed by atoms with Crippen LogP contribution >= 0.6 is 15.9 Å². The van der Waals surface area contributed by atoms with Gasteiger partial charge >= 0.3 is 5.91 Å². The molecule has 3 heterocycles. The molecule has 1 amide bonds. The Labute approximate surface area is 198 Å². The third-order valence-corrected chi connectivity index (χ3v) is 5.63. The van der Waals surface area contributed by atoms with E-state index in [9.17, 15) is 9.90 Å². The summed E-state index contributed by atoms with van der Waals surface area (Å²) in [5, 5.41) is 20.0. The SMILES string of the molecule is Cc1cnc(Nc2ccnn2C)nc1-c1coc(C(=O)N[C@@](C)(CO)c2cccc(Br)c2)n1. The summed E-state index contributed by atoms with van der Waals surface area (Å²) in [7, 11) is 1.80. The van der Waals surface area contributed by atoms with Crippen LogP contribution in [0, 0.1) is 6.92 Å². The minimum Gasteiger partial charge on any atom is -0.440 e. The number of oxazole rings is 1. The van der Waals surface area contributed by atoms with Gasteiger partial charge in [-0.3, -0.25) is 9.48 Å². The van der Waals surface area contributed by atoms with Crippen LogP contribution in [-0.2, 0) is 12.6 Å². The Morgan fingerprint density at radius 3 is 2.82 bits per heavy atom. The molecule has 10 nitrogen and oxygen atoms in total. The first-order valence-electron chi connectivity index (χ1n) is 10.0. The maximum atomic E-state index is 12.9. The monoisotopic (exact) mass is 511 g/mol. The van der Waals surface area contributed by atoms with E-state index in [4.69, 9.17) is 4.42 Å². The Morgan fingerprint density at radius 1 is 1.30 bits per heavy atom. The van der Waals surface area contributed by atoms with E-state index >= 15 is 0 Å². The topological polar surface area (TPSA) is 131 Å². The van der Waals surface area contributed by atoms with Gasteiger partial charge < -0.3 is 20.2 Å². The summed E-state index contributed by atoms with van der Waals surface area (Å²) < 4.78 is 7.93. The summed E-state index contributed by atoms with van der Waals surface area (Å²) in [6.07, 6.45) is 4.69. The first kappa shape index (κ1) is 22.6. The van der Waals surface area contributed by atoms with Crippen LogP contribution in [0.25, 0.3) is 11.4 Å². The van der Waals surface area contributed by atoms with Gasteiger partial charge in [0.2, 0.25) is 5.95 Å². The lowest BCUT2D eigenvalue weighted by Crippen LogP contribution is -2.46. The minimum absolute atomic E-state index is 0.140. The molecule has 0 spiro atoms. The van der Waals surface area contributed by atoms with E-state index < -0.39 is 11.4 Å². The average molecular weight is 512 g/mol. The molecule has 0 saturated carbocycles. The quantitative estimate of drug-likeness (QED) is 0.344. The number of aliphatic hydroxyl groups excluding tert-OH is 1. The molecule has 4 aromatic rings. The van der Waals surface area contributed by atoms with Crippen molar-refractivity contribution in [1.82, 2.24) is 30.0 Å². The predicted octanol–water partition coefficient (Wildman–Crippen LogP) is 3.32. The van der Waals surface area contributed by atoms with Gasteiger partial charge in [0, 0.05) is 23.8 Å². The first-order valence-corrected chi connectivity index (χ1v) is 10.8. The van der Waals surface area contributed by atoms with Crippen molar-refractivity contribution in [1.29, 1.82) is 0 Å². The Bertz CT molecular complexity index is 1300.